The molecule has 0 N–H and O–H groups in total. The molecule has 0 saturated carbocycles. The van der Waals surface area contributed by atoms with Gasteiger partial charge in [0.2, 0.25) is 0 Å². The molecule has 0 aliphatic carbocycles. The predicted molar refractivity (Wildman–Crippen MR) is 215 cm³/mol. The molecular weight excluding hydrogens is 580 g/mol. The van der Waals surface area contributed by atoms with Crippen LogP contribution < -0.4 is 0 Å². The molecule has 0 heterocycles. The van der Waals surface area contributed by atoms with Crippen LogP contribution in [0.15, 0.2) is 0 Å². The third-order valence-corrected chi connectivity index (χ3v) is 50.6. The van der Waals surface area contributed by atoms with Gasteiger partial charge in [-0.25, -0.2) is 0 Å². The average Bonchev–Trinajstić information content (AvgIpc) is 2.57. The van der Waals surface area contributed by atoms with E-state index in [1.165, 1.54) is 0 Å². The number of hydrogen-bond donors (Lipinski definition) is 0. The van der Waals surface area contributed by atoms with Crippen LogP contribution in [0.4, 0.5) is 0 Å². The molecule has 0 aliphatic rings. The summed E-state index contributed by atoms with van der Waals surface area (Å²) < 4.78 is 0. The van der Waals surface area contributed by atoms with Crippen LogP contribution in [-0.4, -0.2) is 38.4 Å². The molecule has 0 rings (SSSR count). The van der Waals surface area contributed by atoms with Gasteiger partial charge in [0.05, 0.1) is 24.2 Å². The monoisotopic (exact) mass is 667 g/mol. The highest BCUT2D eigenvalue weighted by Crippen LogP contribution is 2.70. The van der Waals surface area contributed by atoms with Crippen LogP contribution in [0.5, 0.6) is 0 Å². The Labute approximate surface area is 284 Å². The Morgan fingerprint density at radius 1 is 0.233 bits per heavy atom. The van der Waals surface area contributed by atoms with Crippen LogP contribution in [0.1, 0.15) is 187 Å². The summed E-state index contributed by atoms with van der Waals surface area (Å²) in [4.78, 5) is 4.78. The molecule has 0 aromatic rings. The van der Waals surface area contributed by atoms with Gasteiger partial charge in [-0.3, -0.25) is 0 Å². The van der Waals surface area contributed by atoms with Crippen molar-refractivity contribution in [2.45, 2.75) is 247 Å². The highest BCUT2D eigenvalue weighted by atomic mass is 28.3. The normalized spacial score (nSPS) is 16.5. The molecule has 0 atom stereocenters. The third-order valence-electron chi connectivity index (χ3n) is 13.3. The maximum atomic E-state index is 2.66. The van der Waals surface area contributed by atoms with Crippen LogP contribution >= 0.6 is 0 Å². The van der Waals surface area contributed by atoms with Crippen LogP contribution in [0.3, 0.4) is 0 Å². The van der Waals surface area contributed by atoms with Crippen molar-refractivity contribution in [3.8, 4) is 0 Å². The molecule has 4 heteroatoms. The summed E-state index contributed by atoms with van der Waals surface area (Å²) in [6.07, 6.45) is 0. The lowest BCUT2D eigenvalue weighted by molar-refractivity contribution is 0.528. The summed E-state index contributed by atoms with van der Waals surface area (Å²) in [5.74, 6) is 0. The van der Waals surface area contributed by atoms with Gasteiger partial charge < -0.3 is 0 Å². The smallest absolute Gasteiger partial charge is 0.0966 e. The van der Waals surface area contributed by atoms with Crippen LogP contribution in [-0.2, 0) is 0 Å². The molecule has 0 bridgehead atoms. The standard InChI is InChI=1S/3C13H29Si.Al/c3*1-11(2,3)14(10,12(4,5)6)13(7,8)9;/h3*10H2,1-9H3;. The second-order valence-corrected chi connectivity index (χ2v) is 50.0. The van der Waals surface area contributed by atoms with Gasteiger partial charge in [0.1, 0.15) is 0 Å². The third kappa shape index (κ3) is 7.75. The second-order valence-electron chi connectivity index (χ2n) is 24.4. The minimum atomic E-state index is -1.91. The molecule has 0 fully saturated rings. The van der Waals surface area contributed by atoms with Gasteiger partial charge in [0, 0.05) is 0 Å². The van der Waals surface area contributed by atoms with Crippen molar-refractivity contribution in [2.75, 3.05) is 0 Å². The molecular formula is C39H87AlSi3. The van der Waals surface area contributed by atoms with Crippen LogP contribution in [0, 0.1) is 0 Å². The zero-order valence-electron chi connectivity index (χ0n) is 35.7. The molecule has 0 aromatic carbocycles. The largest absolute Gasteiger partial charge is 0.253 e. The van der Waals surface area contributed by atoms with Gasteiger partial charge in [-0.1, -0.05) is 202 Å². The Morgan fingerprint density at radius 3 is 0.395 bits per heavy atom. The Morgan fingerprint density at radius 2 is 0.326 bits per heavy atom. The van der Waals surface area contributed by atoms with E-state index in [4.69, 9.17) is 0 Å². The van der Waals surface area contributed by atoms with E-state index in [9.17, 15) is 0 Å². The zero-order valence-corrected chi connectivity index (χ0v) is 39.9. The van der Waals surface area contributed by atoms with Crippen molar-refractivity contribution < 1.29 is 0 Å². The summed E-state index contributed by atoms with van der Waals surface area (Å²) in [7, 11) is -5.73. The maximum Gasteiger partial charge on any atom is 0.253 e. The van der Waals surface area contributed by atoms with Gasteiger partial charge in [-0.2, -0.15) is 0 Å². The predicted octanol–water partition coefficient (Wildman–Crippen LogP) is 15.6. The minimum absolute atomic E-state index is 0.347. The second kappa shape index (κ2) is 12.3. The first-order valence-electron chi connectivity index (χ1n) is 18.0. The van der Waals surface area contributed by atoms with Crippen LogP contribution in [0.2, 0.25) is 60.1 Å². The fraction of sp³-hybridized carbons (Fsp3) is 1.00. The van der Waals surface area contributed by atoms with E-state index in [0.29, 0.717) is 45.3 Å². The van der Waals surface area contributed by atoms with Gasteiger partial charge >= 0.3 is 0 Å². The molecule has 0 unspecified atom stereocenters. The van der Waals surface area contributed by atoms with Crippen molar-refractivity contribution >= 4 is 38.4 Å². The number of rotatable bonds is 6. The van der Waals surface area contributed by atoms with Gasteiger partial charge in [-0.05, 0) is 45.3 Å². The van der Waals surface area contributed by atoms with E-state index < -0.39 is 38.4 Å². The molecule has 0 saturated heterocycles. The summed E-state index contributed by atoms with van der Waals surface area (Å²) in [5.41, 5.74) is 0. The lowest BCUT2D eigenvalue weighted by Crippen LogP contribution is -2.67. The first-order valence-corrected chi connectivity index (χ1v) is 27.1. The van der Waals surface area contributed by atoms with Gasteiger partial charge in [0.15, 0.2) is 0 Å². The van der Waals surface area contributed by atoms with Crippen LogP contribution in [0.25, 0.3) is 0 Å². The molecule has 0 aromatic heterocycles. The Hall–Kier alpha value is 1.18. The SMILES string of the molecule is CC(C)(C)[Si]([CH2][Al]([CH2][Si](C(C)(C)C)(C(C)(C)C)C(C)(C)C)[CH2][Si](C(C)(C)C)(C(C)(C)C)C(C)(C)C)(C(C)(C)C)C(C)(C)C. The highest BCUT2D eigenvalue weighted by molar-refractivity contribution is 7.07. The van der Waals surface area contributed by atoms with Crippen molar-refractivity contribution in [1.82, 2.24) is 0 Å². The molecule has 258 valence electrons. The highest BCUT2D eigenvalue weighted by Gasteiger charge is 2.67. The fourth-order valence-corrected chi connectivity index (χ4v) is 72.7. The molecule has 43 heavy (non-hydrogen) atoms. The molecule has 0 aliphatic heterocycles. The quantitative estimate of drug-likeness (QED) is 0.247. The van der Waals surface area contributed by atoms with E-state index in [2.05, 4.69) is 187 Å². The lowest BCUT2D eigenvalue weighted by Gasteiger charge is -2.65. The van der Waals surface area contributed by atoms with E-state index in [1.807, 2.05) is 0 Å². The van der Waals surface area contributed by atoms with Crippen molar-refractivity contribution in [2.24, 2.45) is 0 Å². The van der Waals surface area contributed by atoms with Gasteiger partial charge in [0.25, 0.3) is 14.1 Å². The van der Waals surface area contributed by atoms with Crippen molar-refractivity contribution in [3.63, 3.8) is 0 Å². The fourth-order valence-electron chi connectivity index (χ4n) is 14.4. The summed E-state index contributed by atoms with van der Waals surface area (Å²) in [5, 5.41) is 3.12. The van der Waals surface area contributed by atoms with Crippen molar-refractivity contribution in [1.29, 1.82) is 0 Å². The van der Waals surface area contributed by atoms with E-state index in [-0.39, 0.29) is 0 Å². The average molecular weight is 667 g/mol. The van der Waals surface area contributed by atoms with E-state index >= 15 is 0 Å². The lowest BCUT2D eigenvalue weighted by atomic mass is 10.2. The summed E-state index contributed by atoms with van der Waals surface area (Å²) >= 11 is -1.32. The number of hydrogen-bond acceptors (Lipinski definition) is 0. The molecule has 0 radical (unpaired) electrons. The van der Waals surface area contributed by atoms with E-state index in [1.54, 1.807) is 14.7 Å². The zero-order chi connectivity index (χ0) is 35.7. The Bertz CT molecular complexity index is 680. The van der Waals surface area contributed by atoms with E-state index in [0.717, 1.165) is 0 Å². The first kappa shape index (κ1) is 44.2. The molecule has 0 spiro atoms. The molecule has 0 amide bonds. The maximum absolute atomic E-state index is 2.66. The first-order chi connectivity index (χ1) is 18.0. The summed E-state index contributed by atoms with van der Waals surface area (Å²) in [6, 6.07) is 0. The molecule has 0 nitrogen and oxygen atoms in total. The Balaban J connectivity index is 8.47. The minimum Gasteiger partial charge on any atom is -0.0966 e. The van der Waals surface area contributed by atoms with Crippen molar-refractivity contribution in [3.05, 3.63) is 0 Å². The topological polar surface area (TPSA) is 0 Å². The van der Waals surface area contributed by atoms with Gasteiger partial charge in [-0.15, -0.1) is 0 Å². The summed E-state index contributed by atoms with van der Waals surface area (Å²) in [6.45, 7) is 71.8. The Kier molecular flexibility index (Phi) is 12.6.